The van der Waals surface area contributed by atoms with E-state index in [4.69, 9.17) is 10.2 Å². The molecule has 0 radical (unpaired) electrons. The highest BCUT2D eigenvalue weighted by Gasteiger charge is 2.13. The Hall–Kier alpha value is -2.09. The number of rotatable bonds is 6. The number of carbonyl (C=O) groups excluding carboxylic acids is 1. The molecule has 1 atom stereocenters. The second kappa shape index (κ2) is 6.48. The SMILES string of the molecule is O=C(NCCn1ccnc1)NC[C@H](O)C(=O)O. The zero-order valence-electron chi connectivity index (χ0n) is 9.04. The Kier molecular flexibility index (Phi) is 4.95. The van der Waals surface area contributed by atoms with E-state index in [2.05, 4.69) is 15.6 Å². The van der Waals surface area contributed by atoms with Crippen molar-refractivity contribution in [3.63, 3.8) is 0 Å². The Morgan fingerprint density at radius 2 is 2.18 bits per heavy atom. The molecule has 94 valence electrons. The van der Waals surface area contributed by atoms with Gasteiger partial charge in [-0.15, -0.1) is 0 Å². The molecule has 17 heavy (non-hydrogen) atoms. The summed E-state index contributed by atoms with van der Waals surface area (Å²) in [6.45, 7) is 0.618. The fraction of sp³-hybridized carbons (Fsp3) is 0.444. The lowest BCUT2D eigenvalue weighted by molar-refractivity contribution is -0.146. The predicted molar refractivity (Wildman–Crippen MR) is 57.3 cm³/mol. The molecule has 0 aliphatic carbocycles. The fourth-order valence-electron chi connectivity index (χ4n) is 1.06. The van der Waals surface area contributed by atoms with Crippen molar-refractivity contribution in [1.82, 2.24) is 20.2 Å². The van der Waals surface area contributed by atoms with Crippen molar-refractivity contribution in [1.29, 1.82) is 0 Å². The van der Waals surface area contributed by atoms with Crippen LogP contribution in [-0.2, 0) is 11.3 Å². The molecule has 8 nitrogen and oxygen atoms in total. The molecule has 1 heterocycles. The quantitative estimate of drug-likeness (QED) is 0.491. The first-order valence-corrected chi connectivity index (χ1v) is 4.98. The monoisotopic (exact) mass is 242 g/mol. The topological polar surface area (TPSA) is 116 Å². The Balaban J connectivity index is 2.11. The number of hydrogen-bond donors (Lipinski definition) is 4. The maximum absolute atomic E-state index is 11.1. The summed E-state index contributed by atoms with van der Waals surface area (Å²) in [5.41, 5.74) is 0. The maximum Gasteiger partial charge on any atom is 0.334 e. The first-order chi connectivity index (χ1) is 8.09. The second-order valence-corrected chi connectivity index (χ2v) is 3.29. The molecule has 1 aromatic heterocycles. The number of nitrogens with one attached hydrogen (secondary N) is 2. The van der Waals surface area contributed by atoms with Crippen LogP contribution in [-0.4, -0.2) is 51.0 Å². The fourth-order valence-corrected chi connectivity index (χ4v) is 1.06. The molecule has 0 aliphatic rings. The van der Waals surface area contributed by atoms with Crippen LogP contribution < -0.4 is 10.6 Å². The average Bonchev–Trinajstić information content (AvgIpc) is 2.78. The first-order valence-electron chi connectivity index (χ1n) is 4.98. The normalized spacial score (nSPS) is 11.8. The minimum Gasteiger partial charge on any atom is -0.479 e. The highest BCUT2D eigenvalue weighted by atomic mass is 16.4. The molecule has 1 rings (SSSR count). The van der Waals surface area contributed by atoms with Gasteiger partial charge in [-0.2, -0.15) is 0 Å². The van der Waals surface area contributed by atoms with Crippen molar-refractivity contribution in [3.05, 3.63) is 18.7 Å². The highest BCUT2D eigenvalue weighted by Crippen LogP contribution is 1.84. The number of carboxylic acids is 1. The van der Waals surface area contributed by atoms with Gasteiger partial charge in [0, 0.05) is 25.5 Å². The molecule has 0 spiro atoms. The number of aromatic nitrogens is 2. The number of amides is 2. The van der Waals surface area contributed by atoms with Gasteiger partial charge in [0.1, 0.15) is 0 Å². The molecule has 8 heteroatoms. The maximum atomic E-state index is 11.1. The highest BCUT2D eigenvalue weighted by molar-refractivity contribution is 5.76. The summed E-state index contributed by atoms with van der Waals surface area (Å²) in [6, 6.07) is -0.523. The molecule has 1 aromatic rings. The average molecular weight is 242 g/mol. The van der Waals surface area contributed by atoms with Gasteiger partial charge in [-0.3, -0.25) is 0 Å². The summed E-state index contributed by atoms with van der Waals surface area (Å²) in [7, 11) is 0. The van der Waals surface area contributed by atoms with Crippen molar-refractivity contribution >= 4 is 12.0 Å². The van der Waals surface area contributed by atoms with E-state index in [-0.39, 0.29) is 6.54 Å². The zero-order valence-corrected chi connectivity index (χ0v) is 9.04. The van der Waals surface area contributed by atoms with Gasteiger partial charge in [-0.05, 0) is 0 Å². The number of hydrogen-bond acceptors (Lipinski definition) is 4. The summed E-state index contributed by atoms with van der Waals surface area (Å²) in [4.78, 5) is 25.2. The van der Waals surface area contributed by atoms with Crippen molar-refractivity contribution < 1.29 is 19.8 Å². The third kappa shape index (κ3) is 4.98. The smallest absolute Gasteiger partial charge is 0.334 e. The van der Waals surface area contributed by atoms with Crippen LogP contribution >= 0.6 is 0 Å². The van der Waals surface area contributed by atoms with Crippen LogP contribution in [0.5, 0.6) is 0 Å². The molecule has 0 bridgehead atoms. The van der Waals surface area contributed by atoms with Gasteiger partial charge in [0.2, 0.25) is 0 Å². The molecule has 0 saturated carbocycles. The standard InChI is InChI=1S/C9H14N4O4/c14-7(8(15)16)5-12-9(17)11-2-4-13-3-1-10-6-13/h1,3,6-7,14H,2,4-5H2,(H,15,16)(H2,11,12,17)/t7-/m0/s1. The predicted octanol–water partition coefficient (Wildman–Crippen LogP) is -1.37. The van der Waals surface area contributed by atoms with Crippen molar-refractivity contribution in [2.24, 2.45) is 0 Å². The lowest BCUT2D eigenvalue weighted by atomic mass is 10.4. The minimum absolute atomic E-state index is 0.327. The summed E-state index contributed by atoms with van der Waals surface area (Å²) in [5, 5.41) is 22.0. The lowest BCUT2D eigenvalue weighted by Crippen LogP contribution is -2.42. The van der Waals surface area contributed by atoms with E-state index in [0.29, 0.717) is 13.1 Å². The van der Waals surface area contributed by atoms with Gasteiger partial charge >= 0.3 is 12.0 Å². The number of aliphatic hydroxyl groups excluding tert-OH is 1. The van der Waals surface area contributed by atoms with Gasteiger partial charge in [0.05, 0.1) is 12.9 Å². The van der Waals surface area contributed by atoms with E-state index in [9.17, 15) is 9.59 Å². The number of aliphatic hydroxyl groups is 1. The summed E-state index contributed by atoms with van der Waals surface area (Å²) >= 11 is 0. The van der Waals surface area contributed by atoms with Crippen molar-refractivity contribution in [2.75, 3.05) is 13.1 Å². The van der Waals surface area contributed by atoms with Crippen LogP contribution in [0.15, 0.2) is 18.7 Å². The van der Waals surface area contributed by atoms with Crippen LogP contribution in [0.1, 0.15) is 0 Å². The third-order valence-corrected chi connectivity index (χ3v) is 1.96. The molecule has 0 aromatic carbocycles. The summed E-state index contributed by atoms with van der Waals surface area (Å²) in [5.74, 6) is -1.37. The molecule has 0 saturated heterocycles. The van der Waals surface area contributed by atoms with Crippen LogP contribution in [0.2, 0.25) is 0 Å². The van der Waals surface area contributed by atoms with Crippen LogP contribution in [0.4, 0.5) is 4.79 Å². The minimum atomic E-state index is -1.59. The molecular formula is C9H14N4O4. The van der Waals surface area contributed by atoms with E-state index in [1.807, 2.05) is 0 Å². The van der Waals surface area contributed by atoms with Gasteiger partial charge < -0.3 is 25.4 Å². The molecule has 2 amide bonds. The van der Waals surface area contributed by atoms with Crippen molar-refractivity contribution in [3.8, 4) is 0 Å². The van der Waals surface area contributed by atoms with E-state index < -0.39 is 18.1 Å². The summed E-state index contributed by atoms with van der Waals surface area (Å²) < 4.78 is 1.78. The van der Waals surface area contributed by atoms with E-state index in [1.165, 1.54) is 0 Å². The zero-order chi connectivity index (χ0) is 12.7. The van der Waals surface area contributed by atoms with Gasteiger partial charge in [-0.25, -0.2) is 14.6 Å². The number of carbonyl (C=O) groups is 2. The Morgan fingerprint density at radius 3 is 2.76 bits per heavy atom. The van der Waals surface area contributed by atoms with Crippen LogP contribution in [0, 0.1) is 0 Å². The largest absolute Gasteiger partial charge is 0.479 e. The number of urea groups is 1. The summed E-state index contributed by atoms with van der Waals surface area (Å²) in [6.07, 6.45) is 3.42. The van der Waals surface area contributed by atoms with Gasteiger partial charge in [0.25, 0.3) is 0 Å². The van der Waals surface area contributed by atoms with Crippen molar-refractivity contribution in [2.45, 2.75) is 12.6 Å². The van der Waals surface area contributed by atoms with E-state index in [0.717, 1.165) is 0 Å². The molecule has 0 unspecified atom stereocenters. The Morgan fingerprint density at radius 1 is 1.41 bits per heavy atom. The number of imidazole rings is 1. The van der Waals surface area contributed by atoms with E-state index in [1.54, 1.807) is 23.3 Å². The lowest BCUT2D eigenvalue weighted by Gasteiger charge is -2.09. The number of aliphatic carboxylic acids is 1. The van der Waals surface area contributed by atoms with E-state index >= 15 is 0 Å². The molecule has 4 N–H and O–H groups in total. The molecular weight excluding hydrogens is 228 g/mol. The Bertz CT molecular complexity index is 365. The molecule has 0 aliphatic heterocycles. The van der Waals surface area contributed by atoms with Gasteiger partial charge in [-0.1, -0.05) is 0 Å². The number of carboxylic acid groups (broad SMARTS) is 1. The Labute approximate surface area is 97.3 Å². The van der Waals surface area contributed by atoms with Crippen LogP contribution in [0.25, 0.3) is 0 Å². The van der Waals surface area contributed by atoms with Gasteiger partial charge in [0.15, 0.2) is 6.10 Å². The molecule has 0 fully saturated rings. The second-order valence-electron chi connectivity index (χ2n) is 3.29. The van der Waals surface area contributed by atoms with Crippen LogP contribution in [0.3, 0.4) is 0 Å². The first kappa shape index (κ1) is 13.0. The number of nitrogens with zero attached hydrogens (tertiary/aromatic N) is 2. The third-order valence-electron chi connectivity index (χ3n) is 1.96.